The minimum absolute atomic E-state index is 0.150. The molecule has 0 unspecified atom stereocenters. The number of nitrogen functional groups attached to an aromatic ring is 1. The maximum Gasteiger partial charge on any atom is 0.251 e. The molecule has 0 spiro atoms. The highest BCUT2D eigenvalue weighted by atomic mass is 32.1. The van der Waals surface area contributed by atoms with Crippen molar-refractivity contribution >= 4 is 32.6 Å². The molecule has 3 aromatic rings. The third kappa shape index (κ3) is 2.37. The van der Waals surface area contributed by atoms with Gasteiger partial charge in [0.2, 0.25) is 0 Å². The van der Waals surface area contributed by atoms with Gasteiger partial charge in [-0.3, -0.25) is 4.79 Å². The van der Waals surface area contributed by atoms with E-state index in [0.29, 0.717) is 10.7 Å². The summed E-state index contributed by atoms with van der Waals surface area (Å²) in [6.45, 7) is 1.87. The van der Waals surface area contributed by atoms with Crippen LogP contribution in [0.2, 0.25) is 0 Å². The summed E-state index contributed by atoms with van der Waals surface area (Å²) in [5, 5.41) is 3.39. The molecule has 0 bridgehead atoms. The monoisotopic (exact) mass is 287 g/mol. The molecule has 0 aliphatic rings. The minimum Gasteiger partial charge on any atom is -0.467 e. The van der Waals surface area contributed by atoms with Gasteiger partial charge in [0.1, 0.15) is 5.76 Å². The maximum absolute atomic E-state index is 12.2. The van der Waals surface area contributed by atoms with Crippen molar-refractivity contribution in [2.24, 2.45) is 0 Å². The van der Waals surface area contributed by atoms with Crippen molar-refractivity contribution in [3.63, 3.8) is 0 Å². The minimum atomic E-state index is -0.181. The molecule has 0 saturated carbocycles. The van der Waals surface area contributed by atoms with Crippen LogP contribution in [0, 0.1) is 0 Å². The van der Waals surface area contributed by atoms with Crippen LogP contribution < -0.4 is 11.1 Å². The zero-order chi connectivity index (χ0) is 14.1. The number of aromatic nitrogens is 1. The van der Waals surface area contributed by atoms with Gasteiger partial charge >= 0.3 is 0 Å². The first-order valence-corrected chi connectivity index (χ1v) is 6.95. The number of benzene rings is 1. The second-order valence-corrected chi connectivity index (χ2v) is 5.51. The highest BCUT2D eigenvalue weighted by Crippen LogP contribution is 2.24. The number of nitrogens with zero attached hydrogens (tertiary/aromatic N) is 1. The smallest absolute Gasteiger partial charge is 0.251 e. The molecule has 1 atom stereocenters. The van der Waals surface area contributed by atoms with Crippen LogP contribution in [0.1, 0.15) is 29.1 Å². The van der Waals surface area contributed by atoms with Crippen molar-refractivity contribution in [1.29, 1.82) is 0 Å². The first kappa shape index (κ1) is 12.7. The highest BCUT2D eigenvalue weighted by molar-refractivity contribution is 7.22. The fourth-order valence-electron chi connectivity index (χ4n) is 1.97. The van der Waals surface area contributed by atoms with Gasteiger partial charge in [-0.2, -0.15) is 0 Å². The Morgan fingerprint density at radius 2 is 2.30 bits per heavy atom. The number of furan rings is 1. The summed E-state index contributed by atoms with van der Waals surface area (Å²) in [5.74, 6) is 0.573. The lowest BCUT2D eigenvalue weighted by Crippen LogP contribution is -2.26. The summed E-state index contributed by atoms with van der Waals surface area (Å²) in [6, 6.07) is 8.79. The maximum atomic E-state index is 12.2. The number of carbonyl (C=O) groups is 1. The Bertz CT molecular complexity index is 749. The molecule has 5 nitrogen and oxygen atoms in total. The van der Waals surface area contributed by atoms with Crippen molar-refractivity contribution in [3.05, 3.63) is 47.9 Å². The van der Waals surface area contributed by atoms with Crippen LogP contribution >= 0.6 is 11.3 Å². The molecule has 102 valence electrons. The van der Waals surface area contributed by atoms with Crippen molar-refractivity contribution in [1.82, 2.24) is 10.3 Å². The summed E-state index contributed by atoms with van der Waals surface area (Å²) in [5.41, 5.74) is 7.05. The molecule has 0 radical (unpaired) electrons. The van der Waals surface area contributed by atoms with Gasteiger partial charge in [-0.15, -0.1) is 0 Å². The Labute approximate surface area is 119 Å². The molecular formula is C14H13N3O2S. The highest BCUT2D eigenvalue weighted by Gasteiger charge is 2.14. The number of rotatable bonds is 3. The second kappa shape index (κ2) is 4.97. The molecule has 6 heteroatoms. The van der Waals surface area contributed by atoms with Gasteiger partial charge in [-0.25, -0.2) is 4.98 Å². The number of anilines is 1. The van der Waals surface area contributed by atoms with Crippen molar-refractivity contribution in [2.75, 3.05) is 5.73 Å². The number of nitrogens with one attached hydrogen (secondary N) is 1. The van der Waals surface area contributed by atoms with Crippen molar-refractivity contribution in [3.8, 4) is 0 Å². The molecule has 1 amide bonds. The molecule has 2 aromatic heterocycles. The van der Waals surface area contributed by atoms with Gasteiger partial charge in [0.15, 0.2) is 5.13 Å². The number of hydrogen-bond donors (Lipinski definition) is 2. The molecule has 1 aromatic carbocycles. The van der Waals surface area contributed by atoms with Crippen LogP contribution in [0.3, 0.4) is 0 Å². The quantitative estimate of drug-likeness (QED) is 0.776. The van der Waals surface area contributed by atoms with Gasteiger partial charge < -0.3 is 15.5 Å². The van der Waals surface area contributed by atoms with Crippen LogP contribution in [0.25, 0.3) is 10.2 Å². The van der Waals surface area contributed by atoms with E-state index in [9.17, 15) is 4.79 Å². The molecule has 0 aliphatic heterocycles. The van der Waals surface area contributed by atoms with E-state index in [2.05, 4.69) is 10.3 Å². The van der Waals surface area contributed by atoms with Crippen LogP contribution in [0.4, 0.5) is 5.13 Å². The zero-order valence-electron chi connectivity index (χ0n) is 10.8. The number of nitrogens with two attached hydrogens (primary N) is 1. The average Bonchev–Trinajstić information content (AvgIpc) is 3.05. The molecule has 2 heterocycles. The van der Waals surface area contributed by atoms with Gasteiger partial charge in [0.25, 0.3) is 5.91 Å². The van der Waals surface area contributed by atoms with Crippen LogP contribution in [-0.4, -0.2) is 10.9 Å². The topological polar surface area (TPSA) is 81.2 Å². The van der Waals surface area contributed by atoms with Crippen LogP contribution in [0.5, 0.6) is 0 Å². The third-order valence-corrected chi connectivity index (χ3v) is 3.83. The Morgan fingerprint density at radius 1 is 1.45 bits per heavy atom. The summed E-state index contributed by atoms with van der Waals surface area (Å²) in [6.07, 6.45) is 1.59. The third-order valence-electron chi connectivity index (χ3n) is 2.98. The van der Waals surface area contributed by atoms with E-state index >= 15 is 0 Å². The largest absolute Gasteiger partial charge is 0.467 e. The number of fused-ring (bicyclic) bond motifs is 1. The Morgan fingerprint density at radius 3 is 3.05 bits per heavy atom. The van der Waals surface area contributed by atoms with E-state index in [0.717, 1.165) is 16.0 Å². The van der Waals surface area contributed by atoms with E-state index < -0.39 is 0 Å². The van der Waals surface area contributed by atoms with E-state index in [4.69, 9.17) is 10.2 Å². The molecule has 3 N–H and O–H groups in total. The fraction of sp³-hybridized carbons (Fsp3) is 0.143. The fourth-order valence-corrected chi connectivity index (χ4v) is 2.75. The molecule has 20 heavy (non-hydrogen) atoms. The van der Waals surface area contributed by atoms with Crippen molar-refractivity contribution in [2.45, 2.75) is 13.0 Å². The number of hydrogen-bond acceptors (Lipinski definition) is 5. The van der Waals surface area contributed by atoms with E-state index in [1.165, 1.54) is 11.3 Å². The molecular weight excluding hydrogens is 274 g/mol. The summed E-state index contributed by atoms with van der Waals surface area (Å²) < 4.78 is 6.17. The standard InChI is InChI=1S/C14H13N3O2S/c1-8(11-3-2-6-19-11)16-13(18)9-4-5-10-12(7-9)20-14(15)17-10/h2-8H,1H3,(H2,15,17)(H,16,18)/t8-/m0/s1. The lowest BCUT2D eigenvalue weighted by Gasteiger charge is -2.11. The van der Waals surface area contributed by atoms with Crippen molar-refractivity contribution < 1.29 is 9.21 Å². The lowest BCUT2D eigenvalue weighted by molar-refractivity contribution is 0.0935. The van der Waals surface area contributed by atoms with Gasteiger partial charge in [-0.05, 0) is 37.3 Å². The lowest BCUT2D eigenvalue weighted by atomic mass is 10.2. The van der Waals surface area contributed by atoms with Gasteiger partial charge in [-0.1, -0.05) is 11.3 Å². The Kier molecular flexibility index (Phi) is 3.15. The Hall–Kier alpha value is -2.34. The normalized spacial score (nSPS) is 12.4. The SMILES string of the molecule is C[C@H](NC(=O)c1ccc2nc(N)sc2c1)c1ccco1. The van der Waals surface area contributed by atoms with E-state index in [-0.39, 0.29) is 11.9 Å². The molecule has 0 aliphatic carbocycles. The first-order valence-electron chi connectivity index (χ1n) is 6.14. The van der Waals surface area contributed by atoms with Gasteiger partial charge in [0, 0.05) is 5.56 Å². The molecule has 0 fully saturated rings. The second-order valence-electron chi connectivity index (χ2n) is 4.45. The zero-order valence-corrected chi connectivity index (χ0v) is 11.6. The number of carbonyl (C=O) groups excluding carboxylic acids is 1. The van der Waals surface area contributed by atoms with E-state index in [1.807, 2.05) is 13.0 Å². The van der Waals surface area contributed by atoms with Crippen LogP contribution in [0.15, 0.2) is 41.0 Å². The molecule has 0 saturated heterocycles. The van der Waals surface area contributed by atoms with Crippen LogP contribution in [-0.2, 0) is 0 Å². The summed E-state index contributed by atoms with van der Waals surface area (Å²) in [7, 11) is 0. The number of amides is 1. The predicted molar refractivity (Wildman–Crippen MR) is 78.6 cm³/mol. The summed E-state index contributed by atoms with van der Waals surface area (Å²) in [4.78, 5) is 16.4. The predicted octanol–water partition coefficient (Wildman–Crippen LogP) is 2.96. The number of thiazole rings is 1. The van der Waals surface area contributed by atoms with Gasteiger partial charge in [0.05, 0.1) is 22.5 Å². The molecule has 3 rings (SSSR count). The van der Waals surface area contributed by atoms with E-state index in [1.54, 1.807) is 30.5 Å². The summed E-state index contributed by atoms with van der Waals surface area (Å²) >= 11 is 1.37. The first-order chi connectivity index (χ1) is 9.63. The Balaban J connectivity index is 1.81. The average molecular weight is 287 g/mol.